The molecule has 0 bridgehead atoms. The third-order valence-electron chi connectivity index (χ3n) is 3.31. The van der Waals surface area contributed by atoms with E-state index in [1.54, 1.807) is 11.3 Å². The Morgan fingerprint density at radius 2 is 2.00 bits per heavy atom. The molecule has 0 spiro atoms. The maximum Gasteiger partial charge on any atom is 0.0843 e. The molecule has 5 heteroatoms. The van der Waals surface area contributed by atoms with Gasteiger partial charge in [-0.25, -0.2) is 5.43 Å². The molecule has 1 aromatic heterocycles. The van der Waals surface area contributed by atoms with Gasteiger partial charge >= 0.3 is 0 Å². The van der Waals surface area contributed by atoms with Crippen molar-refractivity contribution >= 4 is 43.2 Å². The topological polar surface area (TPSA) is 38.0 Å². The van der Waals surface area contributed by atoms with E-state index in [0.717, 1.165) is 14.7 Å². The molecule has 3 N–H and O–H groups in total. The summed E-state index contributed by atoms with van der Waals surface area (Å²) < 4.78 is 2.23. The van der Waals surface area contributed by atoms with Crippen LogP contribution in [-0.4, -0.2) is 0 Å². The molecular weight excluding hydrogens is 376 g/mol. The SMILES string of the molecule is NNC(C1=CCCCCCC1)c1cc(Br)c(Br)s1. The monoisotopic (exact) mass is 392 g/mol. The van der Waals surface area contributed by atoms with Crippen molar-refractivity contribution in [3.05, 3.63) is 30.9 Å². The quantitative estimate of drug-likeness (QED) is 0.428. The highest BCUT2D eigenvalue weighted by Crippen LogP contribution is 2.38. The molecule has 1 aromatic rings. The lowest BCUT2D eigenvalue weighted by Crippen LogP contribution is -2.29. The van der Waals surface area contributed by atoms with Crippen molar-refractivity contribution in [2.24, 2.45) is 5.84 Å². The molecular formula is C13H18Br2N2S. The number of hydrazine groups is 1. The largest absolute Gasteiger partial charge is 0.271 e. The summed E-state index contributed by atoms with van der Waals surface area (Å²) in [5.41, 5.74) is 4.42. The minimum atomic E-state index is 0.163. The zero-order valence-corrected chi connectivity index (χ0v) is 14.2. The predicted molar refractivity (Wildman–Crippen MR) is 85.6 cm³/mol. The zero-order valence-electron chi connectivity index (χ0n) is 10.2. The first-order valence-electron chi connectivity index (χ1n) is 6.32. The van der Waals surface area contributed by atoms with E-state index in [1.807, 2.05) is 0 Å². The third-order valence-corrected chi connectivity index (χ3v) is 6.63. The summed E-state index contributed by atoms with van der Waals surface area (Å²) in [5.74, 6) is 5.77. The Kier molecular flexibility index (Phi) is 5.89. The highest BCUT2D eigenvalue weighted by molar-refractivity contribution is 9.13. The van der Waals surface area contributed by atoms with Crippen molar-refractivity contribution < 1.29 is 0 Å². The van der Waals surface area contributed by atoms with Gasteiger partial charge in [-0.1, -0.05) is 24.5 Å². The second-order valence-electron chi connectivity index (χ2n) is 4.60. The molecule has 1 heterocycles. The third kappa shape index (κ3) is 3.67. The summed E-state index contributed by atoms with van der Waals surface area (Å²) in [6.45, 7) is 0. The van der Waals surface area contributed by atoms with E-state index in [-0.39, 0.29) is 6.04 Å². The fourth-order valence-corrected chi connectivity index (χ4v) is 4.55. The molecule has 0 aliphatic heterocycles. The molecule has 18 heavy (non-hydrogen) atoms. The van der Waals surface area contributed by atoms with Crippen LogP contribution in [0.25, 0.3) is 0 Å². The Hall–Kier alpha value is 0.320. The normalized spacial score (nSPS) is 18.9. The van der Waals surface area contributed by atoms with Gasteiger partial charge in [0.25, 0.3) is 0 Å². The van der Waals surface area contributed by atoms with E-state index in [9.17, 15) is 0 Å². The molecule has 0 aromatic carbocycles. The van der Waals surface area contributed by atoms with Crippen LogP contribution < -0.4 is 11.3 Å². The Morgan fingerprint density at radius 3 is 2.67 bits per heavy atom. The van der Waals surface area contributed by atoms with Gasteiger partial charge in [0, 0.05) is 9.35 Å². The van der Waals surface area contributed by atoms with E-state index in [4.69, 9.17) is 5.84 Å². The van der Waals surface area contributed by atoms with Crippen LogP contribution in [0.2, 0.25) is 0 Å². The van der Waals surface area contributed by atoms with Crippen molar-refractivity contribution in [1.29, 1.82) is 0 Å². The van der Waals surface area contributed by atoms with Gasteiger partial charge in [0.15, 0.2) is 0 Å². The molecule has 0 fully saturated rings. The summed E-state index contributed by atoms with van der Waals surface area (Å²) in [4.78, 5) is 1.27. The van der Waals surface area contributed by atoms with E-state index in [0.29, 0.717) is 0 Å². The molecule has 1 aliphatic carbocycles. The maximum atomic E-state index is 5.77. The molecule has 1 aliphatic rings. The highest BCUT2D eigenvalue weighted by atomic mass is 79.9. The molecule has 2 nitrogen and oxygen atoms in total. The van der Waals surface area contributed by atoms with Crippen LogP contribution >= 0.6 is 43.2 Å². The molecule has 100 valence electrons. The number of hydrogen-bond donors (Lipinski definition) is 2. The summed E-state index contributed by atoms with van der Waals surface area (Å²) in [6, 6.07) is 2.31. The lowest BCUT2D eigenvalue weighted by Gasteiger charge is -2.20. The summed E-state index contributed by atoms with van der Waals surface area (Å²) in [6.07, 6.45) is 10.00. The van der Waals surface area contributed by atoms with E-state index in [1.165, 1.54) is 42.6 Å². The Bertz CT molecular complexity index is 409. The van der Waals surface area contributed by atoms with Gasteiger partial charge in [0.05, 0.1) is 9.83 Å². The first-order chi connectivity index (χ1) is 8.72. The van der Waals surface area contributed by atoms with Gasteiger partial charge in [0.1, 0.15) is 0 Å². The number of thiophene rings is 1. The van der Waals surface area contributed by atoms with Crippen molar-refractivity contribution in [3.63, 3.8) is 0 Å². The Balaban J connectivity index is 2.20. The van der Waals surface area contributed by atoms with E-state index >= 15 is 0 Å². The fourth-order valence-electron chi connectivity index (χ4n) is 2.36. The molecule has 0 amide bonds. The van der Waals surface area contributed by atoms with Gasteiger partial charge in [0.2, 0.25) is 0 Å². The maximum absolute atomic E-state index is 5.77. The molecule has 0 saturated carbocycles. The molecule has 0 radical (unpaired) electrons. The number of nitrogens with one attached hydrogen (secondary N) is 1. The van der Waals surface area contributed by atoms with Gasteiger partial charge < -0.3 is 0 Å². The van der Waals surface area contributed by atoms with Gasteiger partial charge in [-0.3, -0.25) is 5.84 Å². The van der Waals surface area contributed by atoms with Crippen LogP contribution in [0.4, 0.5) is 0 Å². The molecule has 2 rings (SSSR count). The number of nitrogens with two attached hydrogens (primary N) is 1. The average Bonchev–Trinajstić information content (AvgIpc) is 2.62. The minimum absolute atomic E-state index is 0.163. The van der Waals surface area contributed by atoms with Crippen LogP contribution in [0.1, 0.15) is 49.4 Å². The number of allylic oxidation sites excluding steroid dienone is 1. The zero-order chi connectivity index (χ0) is 13.0. The van der Waals surface area contributed by atoms with Crippen molar-refractivity contribution in [3.8, 4) is 0 Å². The van der Waals surface area contributed by atoms with E-state index < -0.39 is 0 Å². The molecule has 1 unspecified atom stereocenters. The highest BCUT2D eigenvalue weighted by Gasteiger charge is 2.19. The fraction of sp³-hybridized carbons (Fsp3) is 0.538. The Morgan fingerprint density at radius 1 is 1.22 bits per heavy atom. The smallest absolute Gasteiger partial charge is 0.0843 e. The van der Waals surface area contributed by atoms with Crippen LogP contribution in [-0.2, 0) is 0 Å². The lowest BCUT2D eigenvalue weighted by atomic mass is 9.94. The first-order valence-corrected chi connectivity index (χ1v) is 8.72. The number of hydrogen-bond acceptors (Lipinski definition) is 3. The lowest BCUT2D eigenvalue weighted by molar-refractivity contribution is 0.560. The van der Waals surface area contributed by atoms with Crippen molar-refractivity contribution in [2.45, 2.75) is 44.6 Å². The molecule has 0 saturated heterocycles. The summed E-state index contributed by atoms with van der Waals surface area (Å²) in [5, 5.41) is 0. The van der Waals surface area contributed by atoms with Crippen LogP contribution in [0, 0.1) is 0 Å². The predicted octanol–water partition coefficient (Wildman–Crippen LogP) is 5.06. The first kappa shape index (κ1) is 14.7. The van der Waals surface area contributed by atoms with Crippen LogP contribution in [0.3, 0.4) is 0 Å². The van der Waals surface area contributed by atoms with Crippen LogP contribution in [0.5, 0.6) is 0 Å². The summed E-state index contributed by atoms with van der Waals surface area (Å²) in [7, 11) is 0. The van der Waals surface area contributed by atoms with Gasteiger partial charge in [-0.15, -0.1) is 11.3 Å². The number of rotatable bonds is 3. The standard InChI is InChI=1S/C13H18Br2N2S/c14-10-8-11(18-13(10)15)12(17-16)9-6-4-2-1-3-5-7-9/h6,8,12,17H,1-5,7,16H2. The van der Waals surface area contributed by atoms with Gasteiger partial charge in [-0.2, -0.15) is 0 Å². The van der Waals surface area contributed by atoms with Gasteiger partial charge in [-0.05, 0) is 63.6 Å². The second-order valence-corrected chi connectivity index (χ2v) is 7.86. The summed E-state index contributed by atoms with van der Waals surface area (Å²) >= 11 is 8.83. The minimum Gasteiger partial charge on any atom is -0.271 e. The second kappa shape index (κ2) is 7.20. The van der Waals surface area contributed by atoms with E-state index in [2.05, 4.69) is 49.4 Å². The van der Waals surface area contributed by atoms with Crippen molar-refractivity contribution in [2.75, 3.05) is 0 Å². The van der Waals surface area contributed by atoms with Crippen LogP contribution in [0.15, 0.2) is 26.0 Å². The molecule has 1 atom stereocenters. The number of halogens is 2. The average molecular weight is 394 g/mol. The Labute approximate surface area is 129 Å². The van der Waals surface area contributed by atoms with Crippen molar-refractivity contribution in [1.82, 2.24) is 5.43 Å².